The van der Waals surface area contributed by atoms with Gasteiger partial charge in [-0.05, 0) is 27.9 Å². The monoisotopic (exact) mass is 224 g/mol. The highest BCUT2D eigenvalue weighted by molar-refractivity contribution is 7.89. The summed E-state index contributed by atoms with van der Waals surface area (Å²) >= 11 is 0. The average molecular weight is 224 g/mol. The van der Waals surface area contributed by atoms with Gasteiger partial charge in [-0.1, -0.05) is 0 Å². The van der Waals surface area contributed by atoms with Crippen LogP contribution in [0, 0.1) is 0 Å². The highest BCUT2D eigenvalue weighted by Crippen LogP contribution is 2.03. The van der Waals surface area contributed by atoms with Crippen molar-refractivity contribution in [1.82, 2.24) is 9.62 Å². The first kappa shape index (κ1) is 13.8. The summed E-state index contributed by atoms with van der Waals surface area (Å²) in [5.41, 5.74) is -1.04. The SMILES string of the molecule is CCS(=O)(=O)NCC(C)(O)CN(C)C. The summed E-state index contributed by atoms with van der Waals surface area (Å²) in [6, 6.07) is 0. The molecule has 2 N–H and O–H groups in total. The molecule has 0 radical (unpaired) electrons. The first-order valence-electron chi connectivity index (χ1n) is 4.53. The molecule has 0 aliphatic heterocycles. The number of likely N-dealkylation sites (N-methyl/N-ethyl adjacent to an activating group) is 1. The zero-order chi connectivity index (χ0) is 11.4. The molecular weight excluding hydrogens is 204 g/mol. The summed E-state index contributed by atoms with van der Waals surface area (Å²) in [5.74, 6) is 0.0328. The number of aliphatic hydroxyl groups is 1. The Morgan fingerprint density at radius 3 is 2.29 bits per heavy atom. The van der Waals surface area contributed by atoms with Crippen LogP contribution in [0.3, 0.4) is 0 Å². The van der Waals surface area contributed by atoms with Crippen LogP contribution in [0.5, 0.6) is 0 Å². The molecule has 0 heterocycles. The molecule has 0 aliphatic carbocycles. The number of nitrogens with one attached hydrogen (secondary N) is 1. The Kier molecular flexibility index (Phi) is 5.00. The maximum absolute atomic E-state index is 11.1. The molecule has 1 atom stereocenters. The van der Waals surface area contributed by atoms with Gasteiger partial charge in [0.2, 0.25) is 10.0 Å². The molecule has 86 valence electrons. The Balaban J connectivity index is 4.12. The van der Waals surface area contributed by atoms with Gasteiger partial charge in [0.25, 0.3) is 0 Å². The van der Waals surface area contributed by atoms with Gasteiger partial charge in [0.15, 0.2) is 0 Å². The second-order valence-electron chi connectivity index (χ2n) is 3.96. The molecule has 14 heavy (non-hydrogen) atoms. The van der Waals surface area contributed by atoms with Crippen molar-refractivity contribution in [2.75, 3.05) is 32.9 Å². The average Bonchev–Trinajstić information content (AvgIpc) is 1.99. The fourth-order valence-electron chi connectivity index (χ4n) is 1.10. The fraction of sp³-hybridized carbons (Fsp3) is 1.00. The fourth-order valence-corrected chi connectivity index (χ4v) is 1.84. The van der Waals surface area contributed by atoms with Gasteiger partial charge in [-0.25, -0.2) is 13.1 Å². The van der Waals surface area contributed by atoms with Crippen molar-refractivity contribution in [3.63, 3.8) is 0 Å². The summed E-state index contributed by atoms with van der Waals surface area (Å²) in [6.07, 6.45) is 0. The van der Waals surface area contributed by atoms with Gasteiger partial charge in [0.05, 0.1) is 11.4 Å². The lowest BCUT2D eigenvalue weighted by atomic mass is 10.1. The van der Waals surface area contributed by atoms with E-state index in [9.17, 15) is 13.5 Å². The van der Waals surface area contributed by atoms with Gasteiger partial charge in [-0.15, -0.1) is 0 Å². The van der Waals surface area contributed by atoms with Crippen molar-refractivity contribution in [1.29, 1.82) is 0 Å². The van der Waals surface area contributed by atoms with E-state index < -0.39 is 15.6 Å². The summed E-state index contributed by atoms with van der Waals surface area (Å²) in [6.45, 7) is 3.62. The molecule has 0 saturated heterocycles. The van der Waals surface area contributed by atoms with Gasteiger partial charge in [0.1, 0.15) is 0 Å². The van der Waals surface area contributed by atoms with Crippen LogP contribution in [0.25, 0.3) is 0 Å². The Bertz CT molecular complexity index is 260. The topological polar surface area (TPSA) is 69.6 Å². The minimum atomic E-state index is -3.22. The van der Waals surface area contributed by atoms with E-state index in [1.54, 1.807) is 18.7 Å². The van der Waals surface area contributed by atoms with Crippen molar-refractivity contribution in [3.05, 3.63) is 0 Å². The molecule has 0 bridgehead atoms. The smallest absolute Gasteiger partial charge is 0.211 e. The number of hydrogen-bond acceptors (Lipinski definition) is 4. The molecule has 0 aromatic heterocycles. The van der Waals surface area contributed by atoms with E-state index in [4.69, 9.17) is 0 Å². The van der Waals surface area contributed by atoms with E-state index in [0.29, 0.717) is 6.54 Å². The Hall–Kier alpha value is -0.170. The summed E-state index contributed by atoms with van der Waals surface area (Å²) in [5, 5.41) is 9.78. The van der Waals surface area contributed by atoms with Crippen molar-refractivity contribution in [3.8, 4) is 0 Å². The molecule has 5 nitrogen and oxygen atoms in total. The predicted molar refractivity (Wildman–Crippen MR) is 56.6 cm³/mol. The molecule has 0 saturated carbocycles. The molecule has 0 rings (SSSR count). The Morgan fingerprint density at radius 1 is 1.43 bits per heavy atom. The first-order valence-corrected chi connectivity index (χ1v) is 6.18. The van der Waals surface area contributed by atoms with Crippen molar-refractivity contribution < 1.29 is 13.5 Å². The van der Waals surface area contributed by atoms with Crippen LogP contribution >= 0.6 is 0 Å². The quantitative estimate of drug-likeness (QED) is 0.622. The van der Waals surface area contributed by atoms with Crippen LogP contribution in [0.1, 0.15) is 13.8 Å². The predicted octanol–water partition coefficient (Wildman–Crippen LogP) is -0.762. The number of sulfonamides is 1. The molecule has 0 spiro atoms. The number of rotatable bonds is 6. The van der Waals surface area contributed by atoms with E-state index in [1.165, 1.54) is 0 Å². The highest BCUT2D eigenvalue weighted by Gasteiger charge is 2.23. The number of hydrogen-bond donors (Lipinski definition) is 2. The zero-order valence-corrected chi connectivity index (χ0v) is 10.1. The van der Waals surface area contributed by atoms with Gasteiger partial charge in [0, 0.05) is 13.1 Å². The molecule has 0 fully saturated rings. The number of nitrogens with zero attached hydrogens (tertiary/aromatic N) is 1. The second-order valence-corrected chi connectivity index (χ2v) is 6.05. The Morgan fingerprint density at radius 2 is 1.93 bits per heavy atom. The normalized spacial score (nSPS) is 17.0. The largest absolute Gasteiger partial charge is 0.387 e. The minimum Gasteiger partial charge on any atom is -0.387 e. The molecule has 0 aromatic carbocycles. The summed E-state index contributed by atoms with van der Waals surface area (Å²) in [7, 11) is 0.427. The third-order valence-electron chi connectivity index (χ3n) is 1.71. The molecule has 6 heteroatoms. The first-order chi connectivity index (χ1) is 6.18. The van der Waals surface area contributed by atoms with Crippen molar-refractivity contribution in [2.24, 2.45) is 0 Å². The van der Waals surface area contributed by atoms with Gasteiger partial charge in [-0.2, -0.15) is 0 Å². The third-order valence-corrected chi connectivity index (χ3v) is 3.05. The van der Waals surface area contributed by atoms with Gasteiger partial charge in [-0.3, -0.25) is 0 Å². The van der Waals surface area contributed by atoms with Crippen LogP contribution in [-0.2, 0) is 10.0 Å². The lowest BCUT2D eigenvalue weighted by Gasteiger charge is -2.26. The minimum absolute atomic E-state index is 0.0328. The maximum Gasteiger partial charge on any atom is 0.211 e. The standard InChI is InChI=1S/C8H20N2O3S/c1-5-14(12,13)9-6-8(2,11)7-10(3)4/h9,11H,5-7H2,1-4H3. The van der Waals surface area contributed by atoms with E-state index in [-0.39, 0.29) is 12.3 Å². The van der Waals surface area contributed by atoms with Crippen LogP contribution in [0.2, 0.25) is 0 Å². The van der Waals surface area contributed by atoms with Crippen LogP contribution in [0.4, 0.5) is 0 Å². The van der Waals surface area contributed by atoms with Gasteiger partial charge < -0.3 is 10.0 Å². The second kappa shape index (κ2) is 5.06. The molecular formula is C8H20N2O3S. The van der Waals surface area contributed by atoms with Gasteiger partial charge >= 0.3 is 0 Å². The lowest BCUT2D eigenvalue weighted by molar-refractivity contribution is 0.0386. The summed E-state index contributed by atoms with van der Waals surface area (Å²) in [4.78, 5) is 1.81. The molecule has 0 amide bonds. The third kappa shape index (κ3) is 6.31. The summed E-state index contributed by atoms with van der Waals surface area (Å²) < 4.78 is 24.5. The molecule has 0 aliphatic rings. The van der Waals surface area contributed by atoms with Crippen LogP contribution in [0.15, 0.2) is 0 Å². The van der Waals surface area contributed by atoms with E-state index in [0.717, 1.165) is 0 Å². The van der Waals surface area contributed by atoms with E-state index >= 15 is 0 Å². The van der Waals surface area contributed by atoms with Crippen molar-refractivity contribution >= 4 is 10.0 Å². The molecule has 0 aromatic rings. The Labute approximate surface area is 86.2 Å². The van der Waals surface area contributed by atoms with Crippen molar-refractivity contribution in [2.45, 2.75) is 19.4 Å². The zero-order valence-electron chi connectivity index (χ0n) is 9.24. The lowest BCUT2D eigenvalue weighted by Crippen LogP contribution is -2.47. The van der Waals surface area contributed by atoms with E-state index in [1.807, 2.05) is 14.1 Å². The maximum atomic E-state index is 11.1. The molecule has 1 unspecified atom stereocenters. The van der Waals surface area contributed by atoms with Crippen LogP contribution in [-0.4, -0.2) is 57.0 Å². The highest BCUT2D eigenvalue weighted by atomic mass is 32.2. The van der Waals surface area contributed by atoms with Crippen LogP contribution < -0.4 is 4.72 Å². The van der Waals surface area contributed by atoms with E-state index in [2.05, 4.69) is 4.72 Å².